The van der Waals surface area contributed by atoms with Gasteiger partial charge in [0.2, 0.25) is 0 Å². The van der Waals surface area contributed by atoms with Crippen molar-refractivity contribution in [2.45, 2.75) is 0 Å². The molecule has 4 heteroatoms. The number of aromatic nitrogens is 1. The van der Waals surface area contributed by atoms with E-state index in [2.05, 4.69) is 121 Å². The highest BCUT2D eigenvalue weighted by molar-refractivity contribution is 7.85. The van der Waals surface area contributed by atoms with E-state index in [1.165, 1.54) is 47.5 Å². The van der Waals surface area contributed by atoms with Gasteiger partial charge in [-0.2, -0.15) is 0 Å². The molecule has 0 amide bonds. The Hall–Kier alpha value is -6.12. The maximum absolute atomic E-state index is 14.9. The van der Waals surface area contributed by atoms with Crippen molar-refractivity contribution in [3.8, 4) is 33.5 Å². The lowest BCUT2D eigenvalue weighted by molar-refractivity contribution is 0.592. The summed E-state index contributed by atoms with van der Waals surface area (Å²) in [5.41, 5.74) is 7.74. The van der Waals surface area contributed by atoms with Gasteiger partial charge in [-0.25, -0.2) is 4.98 Å². The molecule has 0 bridgehead atoms. The van der Waals surface area contributed by atoms with Crippen LogP contribution < -0.4 is 15.9 Å². The van der Waals surface area contributed by atoms with Crippen molar-refractivity contribution >= 4 is 76.2 Å². The summed E-state index contributed by atoms with van der Waals surface area (Å²) in [6, 6.07) is 67.1. The topological polar surface area (TPSA) is 30.0 Å². The number of pyridine rings is 1. The molecule has 0 fully saturated rings. The summed E-state index contributed by atoms with van der Waals surface area (Å²) in [6.07, 6.45) is 0. The first-order chi connectivity index (χ1) is 26.2. The van der Waals surface area contributed by atoms with Gasteiger partial charge in [0, 0.05) is 57.8 Å². The molecule has 0 aliphatic carbocycles. The molecule has 250 valence electrons. The van der Waals surface area contributed by atoms with Crippen molar-refractivity contribution < 1.29 is 4.57 Å². The van der Waals surface area contributed by atoms with Gasteiger partial charge in [0.1, 0.15) is 0 Å². The van der Waals surface area contributed by atoms with Gasteiger partial charge in [0.15, 0.2) is 7.14 Å². The molecule has 0 saturated heterocycles. The van der Waals surface area contributed by atoms with Crippen LogP contribution in [0.25, 0.3) is 75.4 Å². The molecule has 0 N–H and O–H groups in total. The minimum atomic E-state index is -3.04. The van der Waals surface area contributed by atoms with E-state index in [0.29, 0.717) is 0 Å². The van der Waals surface area contributed by atoms with Crippen LogP contribution in [0.3, 0.4) is 0 Å². The Morgan fingerprint density at radius 2 is 1.00 bits per heavy atom. The van der Waals surface area contributed by atoms with Crippen LogP contribution >= 0.6 is 18.5 Å². The van der Waals surface area contributed by atoms with E-state index < -0.39 is 7.14 Å². The molecule has 2 aromatic heterocycles. The number of benzene rings is 8. The lowest BCUT2D eigenvalue weighted by Gasteiger charge is -2.20. The Balaban J connectivity index is 1.10. The van der Waals surface area contributed by atoms with E-state index in [-0.39, 0.29) is 0 Å². The average Bonchev–Trinajstić information content (AvgIpc) is 3.63. The maximum atomic E-state index is 14.9. The van der Waals surface area contributed by atoms with E-state index in [9.17, 15) is 4.57 Å². The standard InChI is InChI=1S/C49H32NOPS/c51-52(37-18-6-2-7-19-37,38-20-8-3-9-21-38)39-28-26-33(27-29-39)35-16-12-17-36(32-35)40-23-13-24-43-47-45(53-49(40)43)31-30-42-46(47)41-22-10-11-25-44(41)50-48(42)34-14-4-1-5-15-34/h1-32H. The summed E-state index contributed by atoms with van der Waals surface area (Å²) in [7, 11) is -3.04. The fourth-order valence-electron chi connectivity index (χ4n) is 7.83. The fraction of sp³-hybridized carbons (Fsp3) is 0. The van der Waals surface area contributed by atoms with Gasteiger partial charge in [0.05, 0.1) is 11.2 Å². The minimum absolute atomic E-state index is 0.829. The Morgan fingerprint density at radius 3 is 1.74 bits per heavy atom. The van der Waals surface area contributed by atoms with Crippen LogP contribution in [-0.4, -0.2) is 4.98 Å². The van der Waals surface area contributed by atoms with Crippen LogP contribution in [-0.2, 0) is 4.57 Å². The van der Waals surface area contributed by atoms with Crippen molar-refractivity contribution in [1.82, 2.24) is 4.98 Å². The zero-order valence-corrected chi connectivity index (χ0v) is 30.4. The van der Waals surface area contributed by atoms with E-state index in [1.807, 2.05) is 84.1 Å². The van der Waals surface area contributed by atoms with Crippen molar-refractivity contribution in [2.24, 2.45) is 0 Å². The number of hydrogen-bond donors (Lipinski definition) is 0. The second kappa shape index (κ2) is 12.8. The molecule has 0 unspecified atom stereocenters. The molecule has 0 spiro atoms. The minimum Gasteiger partial charge on any atom is -0.309 e. The third kappa shape index (κ3) is 5.24. The number of hydrogen-bond acceptors (Lipinski definition) is 3. The van der Waals surface area contributed by atoms with E-state index in [4.69, 9.17) is 4.98 Å². The molecule has 0 aliphatic heterocycles. The van der Waals surface area contributed by atoms with Gasteiger partial charge >= 0.3 is 0 Å². The normalized spacial score (nSPS) is 11.8. The van der Waals surface area contributed by atoms with E-state index in [0.717, 1.165) is 43.8 Å². The van der Waals surface area contributed by atoms with Crippen LogP contribution in [0.15, 0.2) is 194 Å². The molecule has 0 aliphatic rings. The second-order valence-corrected chi connectivity index (χ2v) is 17.2. The molecular weight excluding hydrogens is 682 g/mol. The molecule has 10 aromatic rings. The molecular formula is C49H32NOPS. The monoisotopic (exact) mass is 713 g/mol. The summed E-state index contributed by atoms with van der Waals surface area (Å²) < 4.78 is 17.5. The average molecular weight is 714 g/mol. The Labute approximate surface area is 312 Å². The first kappa shape index (κ1) is 31.6. The van der Waals surface area contributed by atoms with Crippen molar-refractivity contribution in [3.63, 3.8) is 0 Å². The van der Waals surface area contributed by atoms with Gasteiger partial charge in [-0.05, 0) is 40.5 Å². The highest BCUT2D eigenvalue weighted by Crippen LogP contribution is 2.47. The molecule has 53 heavy (non-hydrogen) atoms. The van der Waals surface area contributed by atoms with Gasteiger partial charge in [-0.3, -0.25) is 0 Å². The van der Waals surface area contributed by atoms with Crippen molar-refractivity contribution in [3.05, 3.63) is 194 Å². The van der Waals surface area contributed by atoms with Crippen molar-refractivity contribution in [1.29, 1.82) is 0 Å². The molecule has 10 rings (SSSR count). The summed E-state index contributed by atoms with van der Waals surface area (Å²) in [6.45, 7) is 0. The van der Waals surface area contributed by atoms with E-state index in [1.54, 1.807) is 0 Å². The van der Waals surface area contributed by atoms with Gasteiger partial charge < -0.3 is 4.57 Å². The number of para-hydroxylation sites is 1. The lowest BCUT2D eigenvalue weighted by Crippen LogP contribution is -2.24. The third-order valence-electron chi connectivity index (χ3n) is 10.3. The number of thiophene rings is 1. The largest absolute Gasteiger partial charge is 0.309 e. The lowest BCUT2D eigenvalue weighted by atomic mass is 9.94. The van der Waals surface area contributed by atoms with Crippen LogP contribution in [0.5, 0.6) is 0 Å². The number of rotatable bonds is 6. The predicted molar refractivity (Wildman–Crippen MR) is 228 cm³/mol. The number of fused-ring (bicyclic) bond motifs is 7. The van der Waals surface area contributed by atoms with Crippen LogP contribution in [0.2, 0.25) is 0 Å². The molecule has 0 radical (unpaired) electrons. The summed E-state index contributed by atoms with van der Waals surface area (Å²) in [5.74, 6) is 0. The predicted octanol–water partition coefficient (Wildman–Crippen LogP) is 12.4. The third-order valence-corrected chi connectivity index (χ3v) is 14.6. The van der Waals surface area contributed by atoms with Crippen LogP contribution in [0, 0.1) is 0 Å². The Morgan fingerprint density at radius 1 is 0.415 bits per heavy atom. The first-order valence-corrected chi connectivity index (χ1v) is 20.3. The van der Waals surface area contributed by atoms with Gasteiger partial charge in [0.25, 0.3) is 0 Å². The molecule has 2 nitrogen and oxygen atoms in total. The summed E-state index contributed by atoms with van der Waals surface area (Å²) in [4.78, 5) is 5.19. The molecule has 0 saturated carbocycles. The van der Waals surface area contributed by atoms with E-state index >= 15 is 0 Å². The first-order valence-electron chi connectivity index (χ1n) is 17.8. The van der Waals surface area contributed by atoms with Crippen LogP contribution in [0.4, 0.5) is 0 Å². The number of nitrogens with zero attached hydrogens (tertiary/aromatic N) is 1. The molecule has 2 heterocycles. The van der Waals surface area contributed by atoms with Crippen LogP contribution in [0.1, 0.15) is 0 Å². The summed E-state index contributed by atoms with van der Waals surface area (Å²) >= 11 is 1.86. The Kier molecular flexibility index (Phi) is 7.65. The summed E-state index contributed by atoms with van der Waals surface area (Å²) in [5, 5.41) is 8.65. The zero-order chi connectivity index (χ0) is 35.4. The maximum Gasteiger partial charge on any atom is 0.171 e. The highest BCUT2D eigenvalue weighted by Gasteiger charge is 2.29. The Bertz CT molecular complexity index is 2970. The van der Waals surface area contributed by atoms with Gasteiger partial charge in [-0.1, -0.05) is 176 Å². The van der Waals surface area contributed by atoms with Crippen molar-refractivity contribution in [2.75, 3.05) is 0 Å². The highest BCUT2D eigenvalue weighted by atomic mass is 32.1. The fourth-order valence-corrected chi connectivity index (χ4v) is 11.7. The zero-order valence-electron chi connectivity index (χ0n) is 28.7. The smallest absolute Gasteiger partial charge is 0.171 e. The van der Waals surface area contributed by atoms with Gasteiger partial charge in [-0.15, -0.1) is 11.3 Å². The SMILES string of the molecule is O=P(c1ccccc1)(c1ccccc1)c1ccc(-c2cccc(-c3cccc4c3sc3ccc5c(-c6ccccc6)nc6ccccc6c5c34)c2)cc1. The second-order valence-electron chi connectivity index (χ2n) is 13.4. The molecule has 0 atom stereocenters. The molecule has 8 aromatic carbocycles. The quantitative estimate of drug-likeness (QED) is 0.127.